The number of rotatable bonds is 3. The first-order valence-electron chi connectivity index (χ1n) is 4.10. The van der Waals surface area contributed by atoms with Gasteiger partial charge in [-0.25, -0.2) is 4.39 Å². The molecule has 0 aliphatic heterocycles. The van der Waals surface area contributed by atoms with Crippen LogP contribution in [0.3, 0.4) is 0 Å². The normalized spacial score (nSPS) is 9.83. The zero-order valence-electron chi connectivity index (χ0n) is 7.31. The minimum Gasteiger partial charge on any atom is -0.207 e. The number of allylic oxidation sites excluding steroid dienone is 1. The fourth-order valence-corrected chi connectivity index (χ4v) is 1.20. The zero-order chi connectivity index (χ0) is 8.97. The Hall–Kier alpha value is -1.11. The van der Waals surface area contributed by atoms with Crippen LogP contribution < -0.4 is 0 Å². The molecule has 0 radical (unpaired) electrons. The Morgan fingerprint density at radius 1 is 1.50 bits per heavy atom. The van der Waals surface area contributed by atoms with Crippen LogP contribution in [0.25, 0.3) is 0 Å². The molecular weight excluding hydrogens is 151 g/mol. The summed E-state index contributed by atoms with van der Waals surface area (Å²) in [6.45, 7) is 5.58. The molecule has 0 aromatic heterocycles. The van der Waals surface area contributed by atoms with Gasteiger partial charge in [-0.2, -0.15) is 0 Å². The van der Waals surface area contributed by atoms with E-state index in [9.17, 15) is 4.39 Å². The second kappa shape index (κ2) is 4.05. The lowest BCUT2D eigenvalue weighted by molar-refractivity contribution is 0.625. The highest BCUT2D eigenvalue weighted by atomic mass is 19.1. The number of aryl methyl sites for hydroxylation is 2. The largest absolute Gasteiger partial charge is 0.207 e. The van der Waals surface area contributed by atoms with Crippen LogP contribution in [0.5, 0.6) is 0 Å². The van der Waals surface area contributed by atoms with E-state index >= 15 is 0 Å². The van der Waals surface area contributed by atoms with Gasteiger partial charge in [-0.1, -0.05) is 12.1 Å². The molecule has 1 rings (SSSR count). The van der Waals surface area contributed by atoms with Gasteiger partial charge in [-0.05, 0) is 43.0 Å². The van der Waals surface area contributed by atoms with Gasteiger partial charge in [-0.3, -0.25) is 0 Å². The van der Waals surface area contributed by atoms with Crippen LogP contribution >= 0.6 is 0 Å². The summed E-state index contributed by atoms with van der Waals surface area (Å²) in [6.07, 6.45) is 3.78. The number of hydrogen-bond donors (Lipinski definition) is 0. The van der Waals surface area contributed by atoms with Gasteiger partial charge in [0.05, 0.1) is 0 Å². The summed E-state index contributed by atoms with van der Waals surface area (Å²) in [4.78, 5) is 0. The molecule has 0 amide bonds. The average molecular weight is 164 g/mol. The second-order valence-electron chi connectivity index (χ2n) is 2.90. The van der Waals surface area contributed by atoms with Crippen LogP contribution in [0.4, 0.5) is 4.39 Å². The summed E-state index contributed by atoms with van der Waals surface area (Å²) in [7, 11) is 0. The fourth-order valence-electron chi connectivity index (χ4n) is 1.20. The minimum atomic E-state index is -0.158. The lowest BCUT2D eigenvalue weighted by Crippen LogP contribution is -1.89. The molecule has 0 nitrogen and oxygen atoms in total. The van der Waals surface area contributed by atoms with Crippen molar-refractivity contribution in [3.05, 3.63) is 47.8 Å². The van der Waals surface area contributed by atoms with Crippen LogP contribution in [-0.2, 0) is 6.42 Å². The van der Waals surface area contributed by atoms with Crippen LogP contribution in [0.2, 0.25) is 0 Å². The molecule has 12 heavy (non-hydrogen) atoms. The summed E-state index contributed by atoms with van der Waals surface area (Å²) in [5.74, 6) is -0.158. The van der Waals surface area contributed by atoms with Gasteiger partial charge in [0.15, 0.2) is 0 Å². The molecule has 0 fully saturated rings. The predicted octanol–water partition coefficient (Wildman–Crippen LogP) is 3.25. The number of hydrogen-bond acceptors (Lipinski definition) is 0. The van der Waals surface area contributed by atoms with E-state index in [1.807, 2.05) is 19.1 Å². The van der Waals surface area contributed by atoms with Crippen molar-refractivity contribution >= 4 is 0 Å². The molecule has 1 aromatic rings. The number of benzene rings is 1. The van der Waals surface area contributed by atoms with E-state index < -0.39 is 0 Å². The molecule has 0 N–H and O–H groups in total. The Bertz CT molecular complexity index is 276. The Balaban J connectivity index is 2.78. The van der Waals surface area contributed by atoms with E-state index in [1.165, 1.54) is 11.6 Å². The summed E-state index contributed by atoms with van der Waals surface area (Å²) in [5, 5.41) is 0. The third kappa shape index (κ3) is 2.19. The molecule has 0 saturated heterocycles. The first kappa shape index (κ1) is 8.98. The summed E-state index contributed by atoms with van der Waals surface area (Å²) < 4.78 is 12.6. The van der Waals surface area contributed by atoms with E-state index in [2.05, 4.69) is 6.58 Å². The molecule has 0 aliphatic rings. The molecule has 0 saturated carbocycles. The first-order valence-corrected chi connectivity index (χ1v) is 4.10. The maximum atomic E-state index is 12.6. The monoisotopic (exact) mass is 164 g/mol. The van der Waals surface area contributed by atoms with E-state index in [-0.39, 0.29) is 5.82 Å². The molecule has 0 heterocycles. The highest BCUT2D eigenvalue weighted by molar-refractivity contribution is 5.26. The summed E-state index contributed by atoms with van der Waals surface area (Å²) in [5.41, 5.74) is 2.23. The quantitative estimate of drug-likeness (QED) is 0.601. The number of halogens is 1. The maximum Gasteiger partial charge on any atom is 0.123 e. The lowest BCUT2D eigenvalue weighted by atomic mass is 10.0. The Labute approximate surface area is 72.7 Å². The van der Waals surface area contributed by atoms with Crippen molar-refractivity contribution in [2.45, 2.75) is 19.8 Å². The molecule has 0 aliphatic carbocycles. The van der Waals surface area contributed by atoms with Crippen LogP contribution in [0, 0.1) is 12.7 Å². The third-order valence-corrected chi connectivity index (χ3v) is 1.92. The van der Waals surface area contributed by atoms with Crippen molar-refractivity contribution in [3.8, 4) is 0 Å². The topological polar surface area (TPSA) is 0 Å². The molecule has 1 heteroatoms. The Kier molecular flexibility index (Phi) is 3.03. The Morgan fingerprint density at radius 3 is 2.83 bits per heavy atom. The van der Waals surface area contributed by atoms with Gasteiger partial charge >= 0.3 is 0 Å². The van der Waals surface area contributed by atoms with Gasteiger partial charge in [0.25, 0.3) is 0 Å². The fraction of sp³-hybridized carbons (Fsp3) is 0.273. The highest BCUT2D eigenvalue weighted by Crippen LogP contribution is 2.11. The second-order valence-corrected chi connectivity index (χ2v) is 2.90. The maximum absolute atomic E-state index is 12.6. The average Bonchev–Trinajstić information content (AvgIpc) is 2.03. The van der Waals surface area contributed by atoms with Gasteiger partial charge < -0.3 is 0 Å². The Morgan fingerprint density at radius 2 is 2.25 bits per heavy atom. The SMILES string of the molecule is C=CCCc1ccc(F)cc1C. The van der Waals surface area contributed by atoms with E-state index in [0.717, 1.165) is 18.4 Å². The third-order valence-electron chi connectivity index (χ3n) is 1.92. The molecule has 0 spiro atoms. The van der Waals surface area contributed by atoms with Crippen LogP contribution in [0.15, 0.2) is 30.9 Å². The van der Waals surface area contributed by atoms with Crippen LogP contribution in [0.1, 0.15) is 17.5 Å². The van der Waals surface area contributed by atoms with E-state index in [1.54, 1.807) is 6.07 Å². The summed E-state index contributed by atoms with van der Waals surface area (Å²) >= 11 is 0. The van der Waals surface area contributed by atoms with Crippen molar-refractivity contribution in [3.63, 3.8) is 0 Å². The van der Waals surface area contributed by atoms with E-state index in [4.69, 9.17) is 0 Å². The zero-order valence-corrected chi connectivity index (χ0v) is 7.31. The van der Waals surface area contributed by atoms with Crippen molar-refractivity contribution in [2.75, 3.05) is 0 Å². The molecule has 0 atom stereocenters. The molecule has 0 bridgehead atoms. The lowest BCUT2D eigenvalue weighted by Gasteiger charge is -2.02. The van der Waals surface area contributed by atoms with Gasteiger partial charge in [-0.15, -0.1) is 6.58 Å². The van der Waals surface area contributed by atoms with Gasteiger partial charge in [0, 0.05) is 0 Å². The van der Waals surface area contributed by atoms with Gasteiger partial charge in [0.1, 0.15) is 5.82 Å². The smallest absolute Gasteiger partial charge is 0.123 e. The molecule has 0 unspecified atom stereocenters. The van der Waals surface area contributed by atoms with Crippen molar-refractivity contribution < 1.29 is 4.39 Å². The highest BCUT2D eigenvalue weighted by Gasteiger charge is 1.97. The molecule has 64 valence electrons. The van der Waals surface area contributed by atoms with Gasteiger partial charge in [0.2, 0.25) is 0 Å². The minimum absolute atomic E-state index is 0.158. The predicted molar refractivity (Wildman–Crippen MR) is 49.7 cm³/mol. The molecule has 1 aromatic carbocycles. The standard InChI is InChI=1S/C11H13F/c1-3-4-5-10-6-7-11(12)8-9(10)2/h3,6-8H,1,4-5H2,2H3. The van der Waals surface area contributed by atoms with E-state index in [0.29, 0.717) is 0 Å². The van der Waals surface area contributed by atoms with Crippen molar-refractivity contribution in [1.29, 1.82) is 0 Å². The van der Waals surface area contributed by atoms with Crippen LogP contribution in [-0.4, -0.2) is 0 Å². The first-order chi connectivity index (χ1) is 5.74. The molecular formula is C11H13F. The van der Waals surface area contributed by atoms with Crippen molar-refractivity contribution in [1.82, 2.24) is 0 Å². The van der Waals surface area contributed by atoms with Crippen molar-refractivity contribution in [2.24, 2.45) is 0 Å². The summed E-state index contributed by atoms with van der Waals surface area (Å²) in [6, 6.07) is 4.91.